The molecule has 1 aromatic carbocycles. The van der Waals surface area contributed by atoms with Gasteiger partial charge in [0.15, 0.2) is 0 Å². The summed E-state index contributed by atoms with van der Waals surface area (Å²) in [5.41, 5.74) is 7.18. The lowest BCUT2D eigenvalue weighted by Gasteiger charge is -2.10. The number of nitrogen functional groups attached to an aromatic ring is 1. The van der Waals surface area contributed by atoms with Crippen LogP contribution in [0.3, 0.4) is 0 Å². The van der Waals surface area contributed by atoms with E-state index >= 15 is 0 Å². The molecule has 0 aliphatic heterocycles. The van der Waals surface area contributed by atoms with E-state index in [0.29, 0.717) is 5.56 Å². The van der Waals surface area contributed by atoms with Crippen LogP contribution in [-0.2, 0) is 0 Å². The third-order valence-electron chi connectivity index (χ3n) is 3.07. The van der Waals surface area contributed by atoms with Crippen molar-refractivity contribution in [1.29, 1.82) is 5.41 Å². The van der Waals surface area contributed by atoms with Crippen LogP contribution >= 0.6 is 0 Å². The predicted molar refractivity (Wildman–Crippen MR) is 74.6 cm³/mol. The first-order chi connectivity index (χ1) is 9.16. The molecule has 3 N–H and O–H groups in total. The average molecular weight is 251 g/mol. The summed E-state index contributed by atoms with van der Waals surface area (Å²) in [5.74, 6) is 1.61. The van der Waals surface area contributed by atoms with E-state index in [4.69, 9.17) is 11.1 Å². The molecular formula is C14H13N5. The molecule has 0 bridgehead atoms. The Hall–Kier alpha value is -2.69. The molecule has 0 atom stereocenters. The van der Waals surface area contributed by atoms with Crippen LogP contribution in [0.15, 0.2) is 42.7 Å². The fourth-order valence-electron chi connectivity index (χ4n) is 2.13. The summed E-state index contributed by atoms with van der Waals surface area (Å²) < 4.78 is 1.87. The first-order valence-corrected chi connectivity index (χ1v) is 5.91. The number of nitrogens with one attached hydrogen (secondary N) is 1. The number of fused-ring (bicyclic) bond motifs is 1. The number of para-hydroxylation sites is 1. The maximum absolute atomic E-state index is 7.72. The normalized spacial score (nSPS) is 10.8. The molecule has 2 aromatic heterocycles. The lowest BCUT2D eigenvalue weighted by atomic mass is 10.1. The number of aryl methyl sites for hydroxylation is 1. The SMILES string of the molecule is Cc1nccn1-c1cc(C(=N)N)c2ccccc2n1. The van der Waals surface area contributed by atoms with E-state index in [2.05, 4.69) is 9.97 Å². The smallest absolute Gasteiger partial charge is 0.139 e. The number of aromatic nitrogens is 3. The Balaban J connectivity index is 2.34. The number of amidine groups is 1. The van der Waals surface area contributed by atoms with Crippen molar-refractivity contribution in [2.24, 2.45) is 5.73 Å². The highest BCUT2D eigenvalue weighted by Crippen LogP contribution is 2.20. The molecule has 3 rings (SSSR count). The standard InChI is InChI=1S/C14H13N5/c1-9-17-6-7-19(9)13-8-11(14(15)16)10-4-2-3-5-12(10)18-13/h2-8H,1H3,(H3,15,16). The summed E-state index contributed by atoms with van der Waals surface area (Å²) in [6.45, 7) is 1.91. The van der Waals surface area contributed by atoms with Crippen LogP contribution in [0, 0.1) is 12.3 Å². The van der Waals surface area contributed by atoms with Crippen molar-refractivity contribution in [3.63, 3.8) is 0 Å². The largest absolute Gasteiger partial charge is 0.384 e. The van der Waals surface area contributed by atoms with Gasteiger partial charge in [0.2, 0.25) is 0 Å². The van der Waals surface area contributed by atoms with Gasteiger partial charge in [0.1, 0.15) is 17.5 Å². The fourth-order valence-corrected chi connectivity index (χ4v) is 2.13. The lowest BCUT2D eigenvalue weighted by molar-refractivity contribution is 0.940. The highest BCUT2D eigenvalue weighted by atomic mass is 15.1. The quantitative estimate of drug-likeness (QED) is 0.540. The van der Waals surface area contributed by atoms with E-state index in [9.17, 15) is 0 Å². The zero-order valence-electron chi connectivity index (χ0n) is 10.5. The molecule has 5 nitrogen and oxygen atoms in total. The van der Waals surface area contributed by atoms with Crippen molar-refractivity contribution in [2.45, 2.75) is 6.92 Å². The molecular weight excluding hydrogens is 238 g/mol. The van der Waals surface area contributed by atoms with Crippen LogP contribution in [-0.4, -0.2) is 20.4 Å². The van der Waals surface area contributed by atoms with E-state index in [-0.39, 0.29) is 5.84 Å². The van der Waals surface area contributed by atoms with Gasteiger partial charge in [-0.05, 0) is 19.1 Å². The van der Waals surface area contributed by atoms with Gasteiger partial charge in [0.05, 0.1) is 5.52 Å². The van der Waals surface area contributed by atoms with E-state index in [0.717, 1.165) is 22.5 Å². The predicted octanol–water partition coefficient (Wildman–Crippen LogP) is 2.01. The first kappa shape index (κ1) is 11.4. The van der Waals surface area contributed by atoms with Gasteiger partial charge < -0.3 is 5.73 Å². The van der Waals surface area contributed by atoms with Gasteiger partial charge in [-0.15, -0.1) is 0 Å². The molecule has 0 unspecified atom stereocenters. The second-order valence-electron chi connectivity index (χ2n) is 4.30. The Kier molecular flexibility index (Phi) is 2.52. The van der Waals surface area contributed by atoms with Gasteiger partial charge in [0.25, 0.3) is 0 Å². The maximum atomic E-state index is 7.72. The number of hydrogen-bond donors (Lipinski definition) is 2. The molecule has 0 radical (unpaired) electrons. The van der Waals surface area contributed by atoms with Gasteiger partial charge in [0, 0.05) is 23.3 Å². The number of pyridine rings is 1. The van der Waals surface area contributed by atoms with Gasteiger partial charge in [-0.2, -0.15) is 0 Å². The number of hydrogen-bond acceptors (Lipinski definition) is 3. The molecule has 5 heteroatoms. The Morgan fingerprint density at radius 1 is 1.32 bits per heavy atom. The molecule has 19 heavy (non-hydrogen) atoms. The Morgan fingerprint density at radius 3 is 2.79 bits per heavy atom. The van der Waals surface area contributed by atoms with Crippen molar-refractivity contribution in [1.82, 2.24) is 14.5 Å². The minimum Gasteiger partial charge on any atom is -0.384 e. The minimum atomic E-state index is 0.0395. The summed E-state index contributed by atoms with van der Waals surface area (Å²) in [4.78, 5) is 8.78. The second kappa shape index (κ2) is 4.20. The molecule has 0 spiro atoms. The second-order valence-corrected chi connectivity index (χ2v) is 4.30. The fraction of sp³-hybridized carbons (Fsp3) is 0.0714. The van der Waals surface area contributed by atoms with Crippen LogP contribution in [0.1, 0.15) is 11.4 Å². The van der Waals surface area contributed by atoms with Crippen LogP contribution in [0.2, 0.25) is 0 Å². The maximum Gasteiger partial charge on any atom is 0.139 e. The molecule has 0 amide bonds. The Morgan fingerprint density at radius 2 is 2.11 bits per heavy atom. The molecule has 0 aliphatic carbocycles. The molecule has 0 saturated carbocycles. The van der Waals surface area contributed by atoms with Crippen molar-refractivity contribution < 1.29 is 0 Å². The van der Waals surface area contributed by atoms with Gasteiger partial charge in [-0.3, -0.25) is 9.98 Å². The molecule has 0 aliphatic rings. The highest BCUT2D eigenvalue weighted by Gasteiger charge is 2.10. The van der Waals surface area contributed by atoms with Gasteiger partial charge in [-0.25, -0.2) is 9.97 Å². The third-order valence-corrected chi connectivity index (χ3v) is 3.07. The summed E-state index contributed by atoms with van der Waals surface area (Å²) in [7, 11) is 0. The van der Waals surface area contributed by atoms with E-state index in [1.807, 2.05) is 48.0 Å². The number of nitrogens with zero attached hydrogens (tertiary/aromatic N) is 3. The zero-order chi connectivity index (χ0) is 13.4. The number of imidazole rings is 1. The monoisotopic (exact) mass is 251 g/mol. The number of benzene rings is 1. The minimum absolute atomic E-state index is 0.0395. The third kappa shape index (κ3) is 1.85. The van der Waals surface area contributed by atoms with Crippen molar-refractivity contribution in [3.8, 4) is 5.82 Å². The topological polar surface area (TPSA) is 80.6 Å². The van der Waals surface area contributed by atoms with Crippen LogP contribution in [0.5, 0.6) is 0 Å². The summed E-state index contributed by atoms with van der Waals surface area (Å²) in [5, 5.41) is 8.60. The van der Waals surface area contributed by atoms with Crippen molar-refractivity contribution in [3.05, 3.63) is 54.1 Å². The Bertz CT molecular complexity index is 772. The van der Waals surface area contributed by atoms with Gasteiger partial charge in [-0.1, -0.05) is 18.2 Å². The highest BCUT2D eigenvalue weighted by molar-refractivity contribution is 6.07. The first-order valence-electron chi connectivity index (χ1n) is 5.91. The Labute approximate surface area is 110 Å². The summed E-state index contributed by atoms with van der Waals surface area (Å²) in [6.07, 6.45) is 3.57. The number of nitrogens with two attached hydrogens (primary N) is 1. The number of rotatable bonds is 2. The van der Waals surface area contributed by atoms with Crippen LogP contribution < -0.4 is 5.73 Å². The molecule has 0 saturated heterocycles. The average Bonchev–Trinajstić information content (AvgIpc) is 2.83. The molecule has 94 valence electrons. The van der Waals surface area contributed by atoms with Crippen LogP contribution in [0.25, 0.3) is 16.7 Å². The summed E-state index contributed by atoms with van der Waals surface area (Å²) in [6, 6.07) is 9.49. The lowest BCUT2D eigenvalue weighted by Crippen LogP contribution is -2.13. The van der Waals surface area contributed by atoms with E-state index in [1.54, 1.807) is 6.20 Å². The van der Waals surface area contributed by atoms with E-state index in [1.165, 1.54) is 0 Å². The van der Waals surface area contributed by atoms with Crippen molar-refractivity contribution >= 4 is 16.7 Å². The van der Waals surface area contributed by atoms with Crippen molar-refractivity contribution in [2.75, 3.05) is 0 Å². The molecule has 2 heterocycles. The van der Waals surface area contributed by atoms with Crippen LogP contribution in [0.4, 0.5) is 0 Å². The van der Waals surface area contributed by atoms with Gasteiger partial charge >= 0.3 is 0 Å². The van der Waals surface area contributed by atoms with E-state index < -0.39 is 0 Å². The zero-order valence-corrected chi connectivity index (χ0v) is 10.5. The molecule has 0 fully saturated rings. The molecule has 3 aromatic rings. The summed E-state index contributed by atoms with van der Waals surface area (Å²) >= 11 is 0.